The maximum atomic E-state index is 13.4. The summed E-state index contributed by atoms with van der Waals surface area (Å²) in [6.45, 7) is 4.36. The van der Waals surface area contributed by atoms with Crippen molar-refractivity contribution >= 4 is 46.1 Å². The van der Waals surface area contributed by atoms with E-state index >= 15 is 0 Å². The van der Waals surface area contributed by atoms with Crippen LogP contribution >= 0.6 is 23.4 Å². The van der Waals surface area contributed by atoms with E-state index < -0.39 is 5.41 Å². The van der Waals surface area contributed by atoms with Crippen molar-refractivity contribution in [3.63, 3.8) is 0 Å². The number of thioether (sulfide) groups is 1. The molecule has 0 spiro atoms. The van der Waals surface area contributed by atoms with Gasteiger partial charge in [0.1, 0.15) is 5.82 Å². The number of nitrogens with one attached hydrogen (secondary N) is 2. The second kappa shape index (κ2) is 12.1. The van der Waals surface area contributed by atoms with E-state index in [1.807, 2.05) is 28.9 Å². The fourth-order valence-electron chi connectivity index (χ4n) is 4.60. The Bertz CT molecular complexity index is 1130. The smallest absolute Gasteiger partial charge is 0.230 e. The summed E-state index contributed by atoms with van der Waals surface area (Å²) in [5, 5.41) is 13.3. The van der Waals surface area contributed by atoms with Crippen molar-refractivity contribution in [2.75, 3.05) is 37.9 Å². The molecule has 1 fully saturated rings. The minimum Gasteiger partial charge on any atom is -0.383 e. The lowest BCUT2D eigenvalue weighted by atomic mass is 9.78. The Morgan fingerprint density at radius 1 is 1.20 bits per heavy atom. The summed E-state index contributed by atoms with van der Waals surface area (Å²) in [5.41, 5.74) is 1.32. The van der Waals surface area contributed by atoms with Crippen LogP contribution in [0.25, 0.3) is 11.0 Å². The number of anilines is 1. The molecule has 0 unspecified atom stereocenters. The van der Waals surface area contributed by atoms with Gasteiger partial charge in [-0.3, -0.25) is 4.79 Å². The number of halogens is 1. The largest absolute Gasteiger partial charge is 0.383 e. The maximum absolute atomic E-state index is 13.4. The highest BCUT2D eigenvalue weighted by Crippen LogP contribution is 2.41. The van der Waals surface area contributed by atoms with Crippen LogP contribution in [0.3, 0.4) is 0 Å². The number of methoxy groups -OCH3 is 1. The van der Waals surface area contributed by atoms with Gasteiger partial charge in [0, 0.05) is 31.0 Å². The molecular formula is C25H33ClN6O2S. The molecule has 0 aliphatic heterocycles. The molecule has 1 aliphatic rings. The molecule has 0 radical (unpaired) electrons. The van der Waals surface area contributed by atoms with Gasteiger partial charge in [0.15, 0.2) is 10.8 Å². The normalized spacial score (nSPS) is 14.9. The van der Waals surface area contributed by atoms with Crippen molar-refractivity contribution in [1.82, 2.24) is 25.1 Å². The number of hydrogen-bond donors (Lipinski definition) is 2. The summed E-state index contributed by atoms with van der Waals surface area (Å²) in [4.78, 5) is 22.8. The summed E-state index contributed by atoms with van der Waals surface area (Å²) in [6.07, 6.45) is 6.63. The topological polar surface area (TPSA) is 94.0 Å². The molecule has 0 bridgehead atoms. The van der Waals surface area contributed by atoms with Crippen LogP contribution < -0.4 is 10.6 Å². The molecular weight excluding hydrogens is 484 g/mol. The molecule has 35 heavy (non-hydrogen) atoms. The van der Waals surface area contributed by atoms with Crippen LogP contribution in [0.2, 0.25) is 5.02 Å². The van der Waals surface area contributed by atoms with Gasteiger partial charge in [-0.2, -0.15) is 5.10 Å². The van der Waals surface area contributed by atoms with Crippen LogP contribution in [0, 0.1) is 0 Å². The first kappa shape index (κ1) is 25.7. The highest BCUT2D eigenvalue weighted by Gasteiger charge is 2.42. The van der Waals surface area contributed by atoms with Gasteiger partial charge in [0.05, 0.1) is 30.1 Å². The van der Waals surface area contributed by atoms with Crippen LogP contribution in [0.15, 0.2) is 35.6 Å². The lowest BCUT2D eigenvalue weighted by molar-refractivity contribution is -0.126. The molecule has 1 amide bonds. The number of fused-ring (bicyclic) bond motifs is 1. The molecule has 0 atom stereocenters. The molecule has 4 rings (SSSR count). The molecule has 1 saturated carbocycles. The highest BCUT2D eigenvalue weighted by molar-refractivity contribution is 7.99. The number of nitrogens with zero attached hydrogens (tertiary/aromatic N) is 4. The van der Waals surface area contributed by atoms with Gasteiger partial charge in [-0.1, -0.05) is 55.3 Å². The summed E-state index contributed by atoms with van der Waals surface area (Å²) >= 11 is 7.72. The van der Waals surface area contributed by atoms with Gasteiger partial charge in [0.2, 0.25) is 5.91 Å². The zero-order chi connectivity index (χ0) is 24.7. The van der Waals surface area contributed by atoms with Gasteiger partial charge in [-0.15, -0.1) is 0 Å². The lowest BCUT2D eigenvalue weighted by Crippen LogP contribution is -2.43. The van der Waals surface area contributed by atoms with Crippen molar-refractivity contribution in [1.29, 1.82) is 0 Å². The van der Waals surface area contributed by atoms with Crippen molar-refractivity contribution in [2.45, 2.75) is 56.1 Å². The predicted octanol–water partition coefficient (Wildman–Crippen LogP) is 4.67. The molecule has 2 aromatic heterocycles. The second-order valence-corrected chi connectivity index (χ2v) is 10.3. The van der Waals surface area contributed by atoms with E-state index in [0.29, 0.717) is 31.3 Å². The Balaban J connectivity index is 1.48. The second-order valence-electron chi connectivity index (χ2n) is 8.78. The van der Waals surface area contributed by atoms with E-state index in [-0.39, 0.29) is 5.91 Å². The fraction of sp³-hybridized carbons (Fsp3) is 0.520. The Labute approximate surface area is 215 Å². The van der Waals surface area contributed by atoms with E-state index in [0.717, 1.165) is 65.4 Å². The van der Waals surface area contributed by atoms with E-state index in [1.165, 1.54) is 0 Å². The predicted molar refractivity (Wildman–Crippen MR) is 141 cm³/mol. The molecule has 3 aromatic rings. The van der Waals surface area contributed by atoms with Crippen LogP contribution in [0.4, 0.5) is 5.82 Å². The minimum atomic E-state index is -0.485. The first-order valence-electron chi connectivity index (χ1n) is 12.2. The van der Waals surface area contributed by atoms with E-state index in [4.69, 9.17) is 21.3 Å². The standard InChI is InChI=1S/C25H33ClN6O2S/c1-3-16-35-24-30-21(27-13-15-34-2)20-17-29-32(22(20)31-24)14-12-28-23(33)25(10-4-5-11-25)18-6-8-19(26)9-7-18/h6-9,17H,3-5,10-16H2,1-2H3,(H,28,33)(H,27,30,31). The number of hydrogen-bond acceptors (Lipinski definition) is 7. The molecule has 1 aromatic carbocycles. The van der Waals surface area contributed by atoms with E-state index in [1.54, 1.807) is 25.1 Å². The van der Waals surface area contributed by atoms with Crippen molar-refractivity contribution in [2.24, 2.45) is 0 Å². The molecule has 2 heterocycles. The molecule has 2 N–H and O–H groups in total. The van der Waals surface area contributed by atoms with Crippen molar-refractivity contribution in [3.05, 3.63) is 41.0 Å². The number of amides is 1. The first-order chi connectivity index (χ1) is 17.1. The summed E-state index contributed by atoms with van der Waals surface area (Å²) < 4.78 is 7.01. The van der Waals surface area contributed by atoms with Gasteiger partial charge >= 0.3 is 0 Å². The third-order valence-corrected chi connectivity index (χ3v) is 7.71. The van der Waals surface area contributed by atoms with Crippen LogP contribution in [0.5, 0.6) is 0 Å². The Hall–Kier alpha value is -2.36. The number of carbonyl (C=O) groups is 1. The van der Waals surface area contributed by atoms with Crippen LogP contribution in [-0.2, 0) is 21.5 Å². The van der Waals surface area contributed by atoms with Crippen LogP contribution in [-0.4, -0.2) is 58.2 Å². The average Bonchev–Trinajstić information content (AvgIpc) is 3.52. The zero-order valence-corrected chi connectivity index (χ0v) is 21.9. The highest BCUT2D eigenvalue weighted by atomic mass is 35.5. The lowest BCUT2D eigenvalue weighted by Gasteiger charge is -2.28. The maximum Gasteiger partial charge on any atom is 0.230 e. The minimum absolute atomic E-state index is 0.0736. The van der Waals surface area contributed by atoms with E-state index in [2.05, 4.69) is 27.6 Å². The van der Waals surface area contributed by atoms with Gasteiger partial charge in [-0.05, 0) is 37.0 Å². The Morgan fingerprint density at radius 2 is 1.97 bits per heavy atom. The SMILES string of the molecule is CCCSc1nc(NCCOC)c2cnn(CCNC(=O)C3(c4ccc(Cl)cc4)CCCC3)c2n1. The zero-order valence-electron chi connectivity index (χ0n) is 20.3. The van der Waals surface area contributed by atoms with Gasteiger partial charge < -0.3 is 15.4 Å². The van der Waals surface area contributed by atoms with Crippen molar-refractivity contribution < 1.29 is 9.53 Å². The Morgan fingerprint density at radius 3 is 2.69 bits per heavy atom. The summed E-state index contributed by atoms with van der Waals surface area (Å²) in [7, 11) is 1.68. The number of ether oxygens (including phenoxy) is 1. The number of rotatable bonds is 12. The third-order valence-electron chi connectivity index (χ3n) is 6.41. The molecule has 0 saturated heterocycles. The number of carbonyl (C=O) groups excluding carboxylic acids is 1. The van der Waals surface area contributed by atoms with Crippen molar-refractivity contribution in [3.8, 4) is 0 Å². The molecule has 188 valence electrons. The summed E-state index contributed by atoms with van der Waals surface area (Å²) in [5.74, 6) is 1.78. The van der Waals surface area contributed by atoms with E-state index in [9.17, 15) is 4.79 Å². The summed E-state index contributed by atoms with van der Waals surface area (Å²) in [6, 6.07) is 7.70. The molecule has 8 nitrogen and oxygen atoms in total. The first-order valence-corrected chi connectivity index (χ1v) is 13.6. The molecule has 1 aliphatic carbocycles. The van der Waals surface area contributed by atoms with Gasteiger partial charge in [-0.25, -0.2) is 14.6 Å². The monoisotopic (exact) mass is 516 g/mol. The Kier molecular flexibility index (Phi) is 8.86. The fourth-order valence-corrected chi connectivity index (χ4v) is 5.42. The molecule has 10 heteroatoms. The third kappa shape index (κ3) is 5.90. The van der Waals surface area contributed by atoms with Gasteiger partial charge in [0.25, 0.3) is 0 Å². The number of benzene rings is 1. The quantitative estimate of drug-likeness (QED) is 0.205. The average molecular weight is 517 g/mol. The van der Waals surface area contributed by atoms with Crippen LogP contribution in [0.1, 0.15) is 44.6 Å². The number of aromatic nitrogens is 4.